The van der Waals surface area contributed by atoms with Crippen molar-refractivity contribution in [3.63, 3.8) is 0 Å². The molecule has 0 saturated heterocycles. The van der Waals surface area contributed by atoms with Crippen molar-refractivity contribution in [1.29, 1.82) is 0 Å². The van der Waals surface area contributed by atoms with Crippen LogP contribution in [0.3, 0.4) is 0 Å². The zero-order chi connectivity index (χ0) is 23.1. The molecule has 2 rings (SSSR count). The average molecular weight is 451 g/mol. The van der Waals surface area contributed by atoms with E-state index < -0.39 is 28.4 Å². The van der Waals surface area contributed by atoms with Crippen LogP contribution in [0.4, 0.5) is 4.79 Å². The minimum atomic E-state index is -0.950. The van der Waals surface area contributed by atoms with Gasteiger partial charge in [0.05, 0.1) is 5.25 Å². The Morgan fingerprint density at radius 2 is 1.84 bits per heavy atom. The number of unbranched alkanes of at least 4 members (excludes halogenated alkanes) is 3. The van der Waals surface area contributed by atoms with Crippen LogP contribution in [0.2, 0.25) is 0 Å². The van der Waals surface area contributed by atoms with Gasteiger partial charge in [-0.25, -0.2) is 19.6 Å². The molecule has 0 aromatic carbocycles. The normalized spacial score (nSPS) is 12.1. The van der Waals surface area contributed by atoms with Gasteiger partial charge in [-0.05, 0) is 19.8 Å². The monoisotopic (exact) mass is 450 g/mol. The van der Waals surface area contributed by atoms with Gasteiger partial charge in [0.2, 0.25) is 5.91 Å². The number of fused-ring (bicyclic) bond motifs is 1. The molecule has 0 saturated carbocycles. The average Bonchev–Trinajstić information content (AvgIpc) is 2.72. The lowest BCUT2D eigenvalue weighted by molar-refractivity contribution is -0.119. The van der Waals surface area contributed by atoms with Crippen molar-refractivity contribution in [3.8, 4) is 0 Å². The van der Waals surface area contributed by atoms with E-state index in [0.29, 0.717) is 30.2 Å². The second-order valence-electron chi connectivity index (χ2n) is 7.37. The summed E-state index contributed by atoms with van der Waals surface area (Å²) in [5.74, 6) is -0.0708. The summed E-state index contributed by atoms with van der Waals surface area (Å²) in [7, 11) is 1.41. The molecule has 0 bridgehead atoms. The summed E-state index contributed by atoms with van der Waals surface area (Å²) in [4.78, 5) is 58.0. The molecule has 0 aliphatic carbocycles. The van der Waals surface area contributed by atoms with Crippen LogP contribution < -0.4 is 22.3 Å². The fourth-order valence-electron chi connectivity index (χ4n) is 3.16. The third-order valence-electron chi connectivity index (χ3n) is 4.80. The fourth-order valence-corrected chi connectivity index (χ4v) is 4.11. The Bertz CT molecular complexity index is 1080. The van der Waals surface area contributed by atoms with Crippen molar-refractivity contribution in [3.05, 3.63) is 26.7 Å². The molecule has 0 aliphatic rings. The predicted octanol–water partition coefficient (Wildman–Crippen LogP) is 1.70. The molecule has 1 atom stereocenters. The van der Waals surface area contributed by atoms with Crippen molar-refractivity contribution in [2.45, 2.75) is 76.1 Å². The number of hydrogen-bond donors (Lipinski definition) is 2. The standard InChI is InChI=1S/C20H30N6O4S/c1-5-7-8-9-10-13-22-15-14(18(28)25(4)20(30)26(15)11-6-2)17(23-13)31-12(3)16(27)24-19(21)29/h12H,5-11H2,1-4H3,(H3,21,24,27,29). The van der Waals surface area contributed by atoms with E-state index in [-0.39, 0.29) is 11.0 Å². The molecule has 0 fully saturated rings. The lowest BCUT2D eigenvalue weighted by Gasteiger charge is -2.15. The quantitative estimate of drug-likeness (QED) is 0.319. The van der Waals surface area contributed by atoms with Gasteiger partial charge in [-0.3, -0.25) is 24.0 Å². The Morgan fingerprint density at radius 1 is 1.13 bits per heavy atom. The smallest absolute Gasteiger partial charge is 0.332 e. The number of primary amides is 1. The number of hydrogen-bond acceptors (Lipinski definition) is 7. The molecule has 2 aromatic rings. The predicted molar refractivity (Wildman–Crippen MR) is 120 cm³/mol. The van der Waals surface area contributed by atoms with Gasteiger partial charge in [0.1, 0.15) is 16.2 Å². The van der Waals surface area contributed by atoms with E-state index in [1.165, 1.54) is 11.6 Å². The summed E-state index contributed by atoms with van der Waals surface area (Å²) in [6.45, 7) is 6.04. The summed E-state index contributed by atoms with van der Waals surface area (Å²) < 4.78 is 2.51. The highest BCUT2D eigenvalue weighted by atomic mass is 32.2. The number of imide groups is 1. The van der Waals surface area contributed by atoms with Crippen molar-refractivity contribution in [2.24, 2.45) is 12.8 Å². The Labute approximate surface area is 184 Å². The molecule has 2 aromatic heterocycles. The van der Waals surface area contributed by atoms with Crippen LogP contribution >= 0.6 is 11.8 Å². The SMILES string of the molecule is CCCCCCc1nc(SC(C)C(=O)NC(N)=O)c2c(=O)n(C)c(=O)n(CCC)c2n1. The lowest BCUT2D eigenvalue weighted by Crippen LogP contribution is -2.40. The van der Waals surface area contributed by atoms with Crippen LogP contribution in [0.1, 0.15) is 58.7 Å². The number of amides is 3. The molecular weight excluding hydrogens is 420 g/mol. The molecule has 10 nitrogen and oxygen atoms in total. The number of aromatic nitrogens is 4. The van der Waals surface area contributed by atoms with Crippen LogP contribution in [0.15, 0.2) is 14.6 Å². The van der Waals surface area contributed by atoms with Gasteiger partial charge in [-0.15, -0.1) is 0 Å². The number of carbonyl (C=O) groups is 2. The largest absolute Gasteiger partial charge is 0.351 e. The van der Waals surface area contributed by atoms with Crippen molar-refractivity contribution >= 4 is 34.7 Å². The second kappa shape index (κ2) is 11.1. The molecule has 0 spiro atoms. The number of aryl methyl sites for hydroxylation is 2. The first-order valence-electron chi connectivity index (χ1n) is 10.5. The molecule has 31 heavy (non-hydrogen) atoms. The van der Waals surface area contributed by atoms with Crippen LogP contribution in [-0.4, -0.2) is 36.3 Å². The lowest BCUT2D eigenvalue weighted by atomic mass is 10.1. The van der Waals surface area contributed by atoms with E-state index in [0.717, 1.165) is 42.0 Å². The number of thioether (sulfide) groups is 1. The minimum Gasteiger partial charge on any atom is -0.351 e. The summed E-state index contributed by atoms with van der Waals surface area (Å²) in [6.07, 6.45) is 5.38. The highest BCUT2D eigenvalue weighted by Crippen LogP contribution is 2.27. The number of nitrogens with zero attached hydrogens (tertiary/aromatic N) is 4. The first kappa shape index (κ1) is 24.6. The summed E-state index contributed by atoms with van der Waals surface area (Å²) in [5, 5.41) is 1.80. The summed E-state index contributed by atoms with van der Waals surface area (Å²) in [5.41, 5.74) is 4.36. The molecule has 170 valence electrons. The van der Waals surface area contributed by atoms with Gasteiger partial charge in [0, 0.05) is 20.0 Å². The second-order valence-corrected chi connectivity index (χ2v) is 8.70. The van der Waals surface area contributed by atoms with E-state index in [1.54, 1.807) is 6.92 Å². The van der Waals surface area contributed by atoms with Crippen LogP contribution in [0, 0.1) is 0 Å². The molecule has 3 amide bonds. The van der Waals surface area contributed by atoms with Gasteiger partial charge < -0.3 is 5.73 Å². The molecule has 1 unspecified atom stereocenters. The number of nitrogens with two attached hydrogens (primary N) is 1. The van der Waals surface area contributed by atoms with Crippen molar-refractivity contribution < 1.29 is 9.59 Å². The van der Waals surface area contributed by atoms with Gasteiger partial charge in [0.25, 0.3) is 5.56 Å². The van der Waals surface area contributed by atoms with Gasteiger partial charge >= 0.3 is 11.7 Å². The zero-order valence-electron chi connectivity index (χ0n) is 18.4. The molecule has 2 heterocycles. The van der Waals surface area contributed by atoms with Gasteiger partial charge in [-0.1, -0.05) is 44.9 Å². The Morgan fingerprint density at radius 3 is 2.45 bits per heavy atom. The number of urea groups is 1. The van der Waals surface area contributed by atoms with Gasteiger partial charge in [0.15, 0.2) is 5.65 Å². The Hall–Kier alpha value is -2.69. The zero-order valence-corrected chi connectivity index (χ0v) is 19.3. The molecule has 0 aliphatic heterocycles. The van der Waals surface area contributed by atoms with Crippen LogP contribution in [-0.2, 0) is 24.8 Å². The summed E-state index contributed by atoms with van der Waals surface area (Å²) >= 11 is 1.04. The molecule has 3 N–H and O–H groups in total. The maximum atomic E-state index is 12.9. The van der Waals surface area contributed by atoms with Gasteiger partial charge in [-0.2, -0.15) is 0 Å². The number of nitrogens with one attached hydrogen (secondary N) is 1. The van der Waals surface area contributed by atoms with E-state index >= 15 is 0 Å². The van der Waals surface area contributed by atoms with E-state index in [1.807, 2.05) is 12.2 Å². The van der Waals surface area contributed by atoms with E-state index in [2.05, 4.69) is 16.9 Å². The maximum absolute atomic E-state index is 12.9. The fraction of sp³-hybridized carbons (Fsp3) is 0.600. The summed E-state index contributed by atoms with van der Waals surface area (Å²) in [6, 6.07) is -0.950. The third-order valence-corrected chi connectivity index (χ3v) is 5.89. The van der Waals surface area contributed by atoms with Crippen molar-refractivity contribution in [1.82, 2.24) is 24.4 Å². The van der Waals surface area contributed by atoms with E-state index in [4.69, 9.17) is 5.73 Å². The van der Waals surface area contributed by atoms with Crippen LogP contribution in [0.25, 0.3) is 11.0 Å². The number of rotatable bonds is 10. The first-order chi connectivity index (χ1) is 14.7. The first-order valence-corrected chi connectivity index (χ1v) is 11.4. The number of carbonyl (C=O) groups excluding carboxylic acids is 2. The van der Waals surface area contributed by atoms with Crippen molar-refractivity contribution in [2.75, 3.05) is 0 Å². The minimum absolute atomic E-state index is 0.191. The Kier molecular flexibility index (Phi) is 8.78. The Balaban J connectivity index is 2.63. The maximum Gasteiger partial charge on any atom is 0.332 e. The highest BCUT2D eigenvalue weighted by Gasteiger charge is 2.23. The third kappa shape index (κ3) is 5.93. The molecule has 11 heteroatoms. The molecular formula is C20H30N6O4S. The van der Waals surface area contributed by atoms with Crippen LogP contribution in [0.5, 0.6) is 0 Å². The highest BCUT2D eigenvalue weighted by molar-refractivity contribution is 8.00. The molecule has 0 radical (unpaired) electrons. The topological polar surface area (TPSA) is 142 Å². The van der Waals surface area contributed by atoms with E-state index in [9.17, 15) is 19.2 Å².